The number of hydrogen-bond donors (Lipinski definition) is 1. The summed E-state index contributed by atoms with van der Waals surface area (Å²) >= 11 is 0. The molecule has 0 spiro atoms. The minimum absolute atomic E-state index is 0.378. The van der Waals surface area contributed by atoms with E-state index in [2.05, 4.69) is 22.5 Å². The fraction of sp³-hybridized carbons (Fsp3) is 0.533. The molecule has 102 valence electrons. The van der Waals surface area contributed by atoms with E-state index in [0.29, 0.717) is 6.04 Å². The molecule has 0 aliphatic carbocycles. The normalized spacial score (nSPS) is 18.8. The van der Waals surface area contributed by atoms with Crippen LogP contribution in [-0.4, -0.2) is 29.9 Å². The van der Waals surface area contributed by atoms with Crippen LogP contribution in [0.4, 0.5) is 0 Å². The van der Waals surface area contributed by atoms with Crippen LogP contribution < -0.4 is 5.32 Å². The van der Waals surface area contributed by atoms with Crippen LogP contribution in [0.1, 0.15) is 30.9 Å². The molecule has 2 aromatic heterocycles. The van der Waals surface area contributed by atoms with Crippen LogP contribution in [0.15, 0.2) is 30.6 Å². The molecule has 1 unspecified atom stereocenters. The van der Waals surface area contributed by atoms with E-state index in [-0.39, 0.29) is 0 Å². The minimum atomic E-state index is 0.378. The summed E-state index contributed by atoms with van der Waals surface area (Å²) in [5.74, 6) is 0.755. The molecule has 1 aliphatic rings. The molecule has 0 radical (unpaired) electrons. The molecule has 4 heteroatoms. The quantitative estimate of drug-likeness (QED) is 0.916. The van der Waals surface area contributed by atoms with Gasteiger partial charge in [0.15, 0.2) is 0 Å². The van der Waals surface area contributed by atoms with Crippen LogP contribution in [0.5, 0.6) is 0 Å². The summed E-state index contributed by atoms with van der Waals surface area (Å²) in [6.45, 7) is 1.83. The second-order valence-electron chi connectivity index (χ2n) is 5.26. The van der Waals surface area contributed by atoms with Gasteiger partial charge in [0.25, 0.3) is 0 Å². The first kappa shape index (κ1) is 12.6. The lowest BCUT2D eigenvalue weighted by molar-refractivity contribution is 0.0608. The maximum Gasteiger partial charge on any atom is 0.0709 e. The summed E-state index contributed by atoms with van der Waals surface area (Å²) in [4.78, 5) is 0. The number of nitrogens with one attached hydrogen (secondary N) is 1. The van der Waals surface area contributed by atoms with Crippen molar-refractivity contribution in [3.05, 3.63) is 36.2 Å². The fourth-order valence-corrected chi connectivity index (χ4v) is 2.94. The first-order valence-electron chi connectivity index (χ1n) is 7.06. The topological polar surface area (TPSA) is 38.6 Å². The van der Waals surface area contributed by atoms with E-state index >= 15 is 0 Å². The second-order valence-corrected chi connectivity index (χ2v) is 5.26. The lowest BCUT2D eigenvalue weighted by Gasteiger charge is -2.26. The van der Waals surface area contributed by atoms with Gasteiger partial charge in [-0.15, -0.1) is 0 Å². The largest absolute Gasteiger partial charge is 0.381 e. The molecule has 19 heavy (non-hydrogen) atoms. The number of rotatable bonds is 4. The molecule has 0 amide bonds. The van der Waals surface area contributed by atoms with Crippen molar-refractivity contribution >= 4 is 5.52 Å². The van der Waals surface area contributed by atoms with Gasteiger partial charge in [-0.05, 0) is 44.4 Å². The third kappa shape index (κ3) is 2.65. The Bertz CT molecular complexity index is 531. The summed E-state index contributed by atoms with van der Waals surface area (Å²) in [7, 11) is 2.04. The lowest BCUT2D eigenvalue weighted by atomic mass is 9.90. The number of ether oxygens (including phenoxy) is 1. The lowest BCUT2D eigenvalue weighted by Crippen LogP contribution is -2.23. The standard InChI is InChI=1S/C15H21N3O/c1-16-14(10-12-5-8-19-9-6-12)13-11-17-18-7-3-2-4-15(13)18/h2-4,7,11-12,14,16H,5-6,8-10H2,1H3. The number of pyridine rings is 1. The van der Waals surface area contributed by atoms with Crippen LogP contribution in [-0.2, 0) is 4.74 Å². The molecule has 1 N–H and O–H groups in total. The van der Waals surface area contributed by atoms with E-state index in [1.807, 2.05) is 30.0 Å². The number of aromatic nitrogens is 2. The van der Waals surface area contributed by atoms with Crippen molar-refractivity contribution in [1.29, 1.82) is 0 Å². The van der Waals surface area contributed by atoms with E-state index in [1.54, 1.807) is 0 Å². The SMILES string of the molecule is CNC(CC1CCOCC1)c1cnn2ccccc12. The van der Waals surface area contributed by atoms with Crippen LogP contribution in [0.2, 0.25) is 0 Å². The fourth-order valence-electron chi connectivity index (χ4n) is 2.94. The maximum absolute atomic E-state index is 5.44. The molecule has 0 saturated carbocycles. The monoisotopic (exact) mass is 259 g/mol. The van der Waals surface area contributed by atoms with E-state index in [0.717, 1.165) is 25.6 Å². The zero-order valence-electron chi connectivity index (χ0n) is 11.4. The number of nitrogens with zero attached hydrogens (tertiary/aromatic N) is 2. The summed E-state index contributed by atoms with van der Waals surface area (Å²) in [6.07, 6.45) is 7.51. The van der Waals surface area contributed by atoms with Crippen molar-refractivity contribution in [2.45, 2.75) is 25.3 Å². The Balaban J connectivity index is 1.81. The van der Waals surface area contributed by atoms with Crippen molar-refractivity contribution in [2.75, 3.05) is 20.3 Å². The van der Waals surface area contributed by atoms with Gasteiger partial charge in [-0.3, -0.25) is 0 Å². The molecule has 4 nitrogen and oxygen atoms in total. The van der Waals surface area contributed by atoms with E-state index in [4.69, 9.17) is 4.74 Å². The van der Waals surface area contributed by atoms with Gasteiger partial charge in [-0.1, -0.05) is 6.07 Å². The van der Waals surface area contributed by atoms with Gasteiger partial charge >= 0.3 is 0 Å². The van der Waals surface area contributed by atoms with E-state index in [9.17, 15) is 0 Å². The van der Waals surface area contributed by atoms with Gasteiger partial charge in [0, 0.05) is 31.0 Å². The third-order valence-electron chi connectivity index (χ3n) is 4.09. The molecule has 0 aromatic carbocycles. The van der Waals surface area contributed by atoms with Gasteiger partial charge < -0.3 is 10.1 Å². The van der Waals surface area contributed by atoms with Crippen molar-refractivity contribution < 1.29 is 4.74 Å². The molecule has 1 fully saturated rings. The number of fused-ring (bicyclic) bond motifs is 1. The maximum atomic E-state index is 5.44. The van der Waals surface area contributed by atoms with Gasteiger partial charge in [-0.25, -0.2) is 4.52 Å². The summed E-state index contributed by atoms with van der Waals surface area (Å²) < 4.78 is 7.39. The first-order chi connectivity index (χ1) is 9.38. The molecule has 1 atom stereocenters. The zero-order valence-corrected chi connectivity index (χ0v) is 11.4. The molecular weight excluding hydrogens is 238 g/mol. The molecule has 3 heterocycles. The average molecular weight is 259 g/mol. The Morgan fingerprint density at radius 2 is 2.26 bits per heavy atom. The minimum Gasteiger partial charge on any atom is -0.381 e. The van der Waals surface area contributed by atoms with Gasteiger partial charge in [0.2, 0.25) is 0 Å². The molecule has 0 bridgehead atoms. The highest BCUT2D eigenvalue weighted by atomic mass is 16.5. The molecule has 1 aliphatic heterocycles. The second kappa shape index (κ2) is 5.72. The van der Waals surface area contributed by atoms with Crippen molar-refractivity contribution in [1.82, 2.24) is 14.9 Å². The van der Waals surface area contributed by atoms with Crippen molar-refractivity contribution in [3.63, 3.8) is 0 Å². The third-order valence-corrected chi connectivity index (χ3v) is 4.09. The predicted molar refractivity (Wildman–Crippen MR) is 75.2 cm³/mol. The molecule has 2 aromatic rings. The Labute approximate surface area is 113 Å². The van der Waals surface area contributed by atoms with Crippen LogP contribution in [0.25, 0.3) is 5.52 Å². The predicted octanol–water partition coefficient (Wildman–Crippen LogP) is 2.41. The van der Waals surface area contributed by atoms with Gasteiger partial charge in [0.1, 0.15) is 0 Å². The molecule has 3 rings (SSSR count). The summed E-state index contributed by atoms with van der Waals surface area (Å²) in [5.41, 5.74) is 2.50. The number of hydrogen-bond acceptors (Lipinski definition) is 3. The summed E-state index contributed by atoms with van der Waals surface area (Å²) in [6, 6.07) is 6.60. The highest BCUT2D eigenvalue weighted by Crippen LogP contribution is 2.29. The van der Waals surface area contributed by atoms with Gasteiger partial charge in [0.05, 0.1) is 11.7 Å². The first-order valence-corrected chi connectivity index (χ1v) is 7.06. The highest BCUT2D eigenvalue weighted by Gasteiger charge is 2.21. The van der Waals surface area contributed by atoms with Crippen molar-refractivity contribution in [3.8, 4) is 0 Å². The zero-order chi connectivity index (χ0) is 13.1. The Kier molecular flexibility index (Phi) is 3.80. The summed E-state index contributed by atoms with van der Waals surface area (Å²) in [5, 5.41) is 7.88. The molecule has 1 saturated heterocycles. The molecular formula is C15H21N3O. The Hall–Kier alpha value is -1.39. The van der Waals surface area contributed by atoms with Crippen LogP contribution in [0, 0.1) is 5.92 Å². The Morgan fingerprint density at radius 1 is 1.42 bits per heavy atom. The van der Waals surface area contributed by atoms with Crippen LogP contribution in [0.3, 0.4) is 0 Å². The van der Waals surface area contributed by atoms with Crippen molar-refractivity contribution in [2.24, 2.45) is 5.92 Å². The smallest absolute Gasteiger partial charge is 0.0709 e. The van der Waals surface area contributed by atoms with Crippen LogP contribution >= 0.6 is 0 Å². The van der Waals surface area contributed by atoms with E-state index < -0.39 is 0 Å². The average Bonchev–Trinajstić information content (AvgIpc) is 2.90. The van der Waals surface area contributed by atoms with E-state index in [1.165, 1.54) is 23.9 Å². The Morgan fingerprint density at radius 3 is 3.05 bits per heavy atom. The van der Waals surface area contributed by atoms with Gasteiger partial charge in [-0.2, -0.15) is 5.10 Å². The highest BCUT2D eigenvalue weighted by molar-refractivity contribution is 5.54.